The zero-order valence-electron chi connectivity index (χ0n) is 10.8. The van der Waals surface area contributed by atoms with Crippen LogP contribution in [0.25, 0.3) is 0 Å². The number of nitrogens with zero attached hydrogens (tertiary/aromatic N) is 2. The van der Waals surface area contributed by atoms with Gasteiger partial charge in [0.15, 0.2) is 5.69 Å². The molecule has 0 spiro atoms. The van der Waals surface area contributed by atoms with Crippen molar-refractivity contribution in [3.8, 4) is 0 Å². The van der Waals surface area contributed by atoms with Gasteiger partial charge in [-0.25, -0.2) is 4.79 Å². The summed E-state index contributed by atoms with van der Waals surface area (Å²) in [7, 11) is 0. The normalized spacial score (nSPS) is 14.7. The molecule has 1 saturated heterocycles. The van der Waals surface area contributed by atoms with Crippen molar-refractivity contribution in [2.75, 3.05) is 25.4 Å². The van der Waals surface area contributed by atoms with Crippen LogP contribution in [0.2, 0.25) is 0 Å². The molecule has 1 aliphatic rings. The molecule has 0 saturated carbocycles. The molecule has 0 aliphatic carbocycles. The fourth-order valence-electron chi connectivity index (χ4n) is 1.80. The maximum absolute atomic E-state index is 11.8. The van der Waals surface area contributed by atoms with Crippen LogP contribution in [0.3, 0.4) is 0 Å². The largest absolute Gasteiger partial charge is 0.461 e. The quantitative estimate of drug-likeness (QED) is 0.603. The monoisotopic (exact) mass is 284 g/mol. The molecule has 19 heavy (non-hydrogen) atoms. The summed E-state index contributed by atoms with van der Waals surface area (Å²) >= 11 is 1.19. The molecule has 7 heteroatoms. The van der Waals surface area contributed by atoms with Crippen LogP contribution < -0.4 is 0 Å². The van der Waals surface area contributed by atoms with Crippen LogP contribution >= 0.6 is 11.8 Å². The number of hydrogen-bond acceptors (Lipinski definition) is 6. The summed E-state index contributed by atoms with van der Waals surface area (Å²) in [5.41, 5.74) is 0.137. The molecule has 0 radical (unpaired) electrons. The number of thioether (sulfide) groups is 1. The number of oxazole rings is 1. The first kappa shape index (κ1) is 13.9. The van der Waals surface area contributed by atoms with E-state index in [2.05, 4.69) is 4.98 Å². The second-order valence-electron chi connectivity index (χ2n) is 4.10. The fourth-order valence-corrected chi connectivity index (χ4v) is 2.51. The van der Waals surface area contributed by atoms with Gasteiger partial charge in [-0.15, -0.1) is 0 Å². The summed E-state index contributed by atoms with van der Waals surface area (Å²) < 4.78 is 9.93. The van der Waals surface area contributed by atoms with Gasteiger partial charge in [0.25, 0.3) is 5.22 Å². The number of hydrogen-bond donors (Lipinski definition) is 0. The zero-order valence-corrected chi connectivity index (χ0v) is 11.6. The third kappa shape index (κ3) is 3.73. The lowest BCUT2D eigenvalue weighted by molar-refractivity contribution is -0.127. The van der Waals surface area contributed by atoms with Gasteiger partial charge in [0.05, 0.1) is 12.4 Å². The van der Waals surface area contributed by atoms with Gasteiger partial charge in [-0.05, 0) is 19.8 Å². The summed E-state index contributed by atoms with van der Waals surface area (Å²) in [4.78, 5) is 29.0. The second-order valence-corrected chi connectivity index (χ2v) is 5.02. The van der Waals surface area contributed by atoms with Crippen molar-refractivity contribution in [3.63, 3.8) is 0 Å². The first-order valence-electron chi connectivity index (χ1n) is 6.24. The minimum Gasteiger partial charge on any atom is -0.461 e. The van der Waals surface area contributed by atoms with Crippen LogP contribution in [0, 0.1) is 0 Å². The molecule has 2 heterocycles. The van der Waals surface area contributed by atoms with Gasteiger partial charge in [-0.3, -0.25) is 4.79 Å². The van der Waals surface area contributed by atoms with E-state index in [-0.39, 0.29) is 17.4 Å². The van der Waals surface area contributed by atoms with Crippen LogP contribution in [0.4, 0.5) is 0 Å². The smallest absolute Gasteiger partial charge is 0.360 e. The lowest BCUT2D eigenvalue weighted by atomic mass is 10.4. The van der Waals surface area contributed by atoms with E-state index in [0.29, 0.717) is 11.8 Å². The van der Waals surface area contributed by atoms with Crippen LogP contribution in [0.15, 0.2) is 15.9 Å². The highest BCUT2D eigenvalue weighted by Gasteiger charge is 2.19. The van der Waals surface area contributed by atoms with Crippen LogP contribution in [0.5, 0.6) is 0 Å². The summed E-state index contributed by atoms with van der Waals surface area (Å²) in [6.45, 7) is 3.68. The number of aromatic nitrogens is 1. The molecule has 0 bridgehead atoms. The molecule has 6 nitrogen and oxygen atoms in total. The Labute approximate surface area is 115 Å². The third-order valence-corrected chi connectivity index (χ3v) is 3.57. The Morgan fingerprint density at radius 3 is 2.89 bits per heavy atom. The van der Waals surface area contributed by atoms with Gasteiger partial charge >= 0.3 is 5.97 Å². The minimum absolute atomic E-state index is 0.0818. The first-order chi connectivity index (χ1) is 9.20. The Balaban J connectivity index is 1.82. The Kier molecular flexibility index (Phi) is 4.84. The lowest BCUT2D eigenvalue weighted by Crippen LogP contribution is -2.29. The zero-order chi connectivity index (χ0) is 13.7. The number of carbonyl (C=O) groups is 2. The van der Waals surface area contributed by atoms with Gasteiger partial charge in [0, 0.05) is 13.1 Å². The molecular formula is C12H16N2O4S. The van der Waals surface area contributed by atoms with E-state index in [1.54, 1.807) is 6.92 Å². The molecule has 1 fully saturated rings. The summed E-state index contributed by atoms with van der Waals surface area (Å²) in [5, 5.41) is 0.315. The number of rotatable bonds is 5. The van der Waals surface area contributed by atoms with E-state index < -0.39 is 5.97 Å². The molecule has 104 valence electrons. The highest BCUT2D eigenvalue weighted by Crippen LogP contribution is 2.19. The van der Waals surface area contributed by atoms with Crippen molar-refractivity contribution < 1.29 is 18.7 Å². The average molecular weight is 284 g/mol. The Hall–Kier alpha value is -1.50. The molecule has 1 aromatic rings. The molecule has 0 unspecified atom stereocenters. The summed E-state index contributed by atoms with van der Waals surface area (Å²) in [6, 6.07) is 0. The Bertz CT molecular complexity index is 454. The van der Waals surface area contributed by atoms with Crippen molar-refractivity contribution >= 4 is 23.6 Å². The third-order valence-electron chi connectivity index (χ3n) is 2.75. The van der Waals surface area contributed by atoms with E-state index in [4.69, 9.17) is 9.15 Å². The van der Waals surface area contributed by atoms with Crippen LogP contribution in [0.1, 0.15) is 30.3 Å². The maximum atomic E-state index is 11.8. The van der Waals surface area contributed by atoms with Crippen molar-refractivity contribution in [3.05, 3.63) is 12.0 Å². The highest BCUT2D eigenvalue weighted by atomic mass is 32.2. The lowest BCUT2D eigenvalue weighted by Gasteiger charge is -2.13. The molecule has 0 atom stereocenters. The van der Waals surface area contributed by atoms with Crippen molar-refractivity contribution in [2.45, 2.75) is 25.0 Å². The van der Waals surface area contributed by atoms with E-state index in [0.717, 1.165) is 25.9 Å². The predicted molar refractivity (Wildman–Crippen MR) is 69.0 cm³/mol. The molecule has 0 N–H and O–H groups in total. The van der Waals surface area contributed by atoms with Gasteiger partial charge in [0.2, 0.25) is 5.91 Å². The minimum atomic E-state index is -0.510. The van der Waals surface area contributed by atoms with E-state index >= 15 is 0 Å². The molecule has 2 rings (SSSR count). The topological polar surface area (TPSA) is 72.6 Å². The maximum Gasteiger partial charge on any atom is 0.360 e. The molecular weight excluding hydrogens is 268 g/mol. The SMILES string of the molecule is CCOC(=O)c1coc(SCC(=O)N2CCCC2)n1. The van der Waals surface area contributed by atoms with E-state index in [9.17, 15) is 9.59 Å². The molecule has 1 amide bonds. The molecule has 1 aliphatic heterocycles. The number of amides is 1. The first-order valence-corrected chi connectivity index (χ1v) is 7.22. The van der Waals surface area contributed by atoms with Crippen molar-refractivity contribution in [1.29, 1.82) is 0 Å². The standard InChI is InChI=1S/C12H16N2O4S/c1-2-17-11(16)9-7-18-12(13-9)19-8-10(15)14-5-3-4-6-14/h7H,2-6,8H2,1H3. The van der Waals surface area contributed by atoms with Gasteiger partial charge < -0.3 is 14.1 Å². The number of ether oxygens (including phenoxy) is 1. The highest BCUT2D eigenvalue weighted by molar-refractivity contribution is 7.99. The summed E-state index contributed by atoms with van der Waals surface area (Å²) in [6.07, 6.45) is 3.39. The van der Waals surface area contributed by atoms with E-state index in [1.165, 1.54) is 18.0 Å². The Morgan fingerprint density at radius 1 is 1.47 bits per heavy atom. The van der Waals surface area contributed by atoms with Gasteiger partial charge in [0.1, 0.15) is 6.26 Å². The van der Waals surface area contributed by atoms with Crippen LogP contribution in [-0.4, -0.2) is 47.2 Å². The average Bonchev–Trinajstić information content (AvgIpc) is 3.07. The van der Waals surface area contributed by atoms with Gasteiger partial charge in [-0.1, -0.05) is 11.8 Å². The van der Waals surface area contributed by atoms with Crippen LogP contribution in [-0.2, 0) is 9.53 Å². The second kappa shape index (κ2) is 6.60. The summed E-state index contributed by atoms with van der Waals surface area (Å²) in [5.74, 6) is -0.148. The van der Waals surface area contributed by atoms with Crippen molar-refractivity contribution in [2.24, 2.45) is 0 Å². The van der Waals surface area contributed by atoms with Crippen molar-refractivity contribution in [1.82, 2.24) is 9.88 Å². The number of esters is 1. The molecule has 1 aromatic heterocycles. The Morgan fingerprint density at radius 2 is 2.21 bits per heavy atom. The fraction of sp³-hybridized carbons (Fsp3) is 0.583. The van der Waals surface area contributed by atoms with Gasteiger partial charge in [-0.2, -0.15) is 4.98 Å². The van der Waals surface area contributed by atoms with E-state index in [1.807, 2.05) is 4.90 Å². The number of carbonyl (C=O) groups excluding carboxylic acids is 2. The predicted octanol–water partition coefficient (Wildman–Crippen LogP) is 1.57. The molecule has 0 aromatic carbocycles. The number of likely N-dealkylation sites (tertiary alicyclic amines) is 1.